The SMILES string of the molecule is C[Si](C)(C)C1=C([Si](C)(C)C)SSS1. The monoisotopic (exact) mass is 266 g/mol. The molecule has 0 saturated heterocycles. The summed E-state index contributed by atoms with van der Waals surface area (Å²) in [5.41, 5.74) is 0. The van der Waals surface area contributed by atoms with E-state index >= 15 is 0 Å². The largest absolute Gasteiger partial charge is 0.0874 e. The molecule has 13 heavy (non-hydrogen) atoms. The minimum absolute atomic E-state index is 1.06. The molecule has 0 aliphatic carbocycles. The highest BCUT2D eigenvalue weighted by atomic mass is 33.5. The number of hydrogen-bond donors (Lipinski definition) is 0. The van der Waals surface area contributed by atoms with E-state index in [9.17, 15) is 0 Å². The zero-order chi connectivity index (χ0) is 10.3. The highest BCUT2D eigenvalue weighted by molar-refractivity contribution is 9.12. The quantitative estimate of drug-likeness (QED) is 0.510. The Hall–Kier alpha value is 1.22. The molecule has 1 aliphatic rings. The van der Waals surface area contributed by atoms with E-state index in [4.69, 9.17) is 0 Å². The van der Waals surface area contributed by atoms with Crippen LogP contribution in [0.1, 0.15) is 0 Å². The maximum Gasteiger partial charge on any atom is 0.0874 e. The molecule has 0 radical (unpaired) electrons. The summed E-state index contributed by atoms with van der Waals surface area (Å²) in [6.45, 7) is 14.8. The lowest BCUT2D eigenvalue weighted by Gasteiger charge is -2.24. The predicted octanol–water partition coefficient (Wildman–Crippen LogP) is 5.00. The summed E-state index contributed by atoms with van der Waals surface area (Å²) in [4.78, 5) is 0. The molecule has 0 atom stereocenters. The van der Waals surface area contributed by atoms with Crippen LogP contribution in [0.3, 0.4) is 0 Å². The Kier molecular flexibility index (Phi) is 3.78. The van der Waals surface area contributed by atoms with Gasteiger partial charge < -0.3 is 0 Å². The zero-order valence-corrected chi connectivity index (χ0v) is 13.7. The molecule has 0 N–H and O–H groups in total. The molecule has 0 aromatic heterocycles. The lowest BCUT2D eigenvalue weighted by molar-refractivity contribution is 1.69. The molecule has 0 bridgehead atoms. The first-order valence-corrected chi connectivity index (χ1v) is 15.0. The minimum atomic E-state index is -1.06. The van der Waals surface area contributed by atoms with Gasteiger partial charge in [-0.05, 0) is 18.9 Å². The van der Waals surface area contributed by atoms with Gasteiger partial charge in [-0.3, -0.25) is 0 Å². The first-order chi connectivity index (χ1) is 5.73. The third kappa shape index (κ3) is 3.09. The molecular formula is C8H18S3Si2. The third-order valence-corrected chi connectivity index (χ3v) is 14.5. The van der Waals surface area contributed by atoms with E-state index in [2.05, 4.69) is 39.3 Å². The van der Waals surface area contributed by atoms with Gasteiger partial charge >= 0.3 is 0 Å². The highest BCUT2D eigenvalue weighted by Crippen LogP contribution is 2.58. The van der Waals surface area contributed by atoms with E-state index in [-0.39, 0.29) is 0 Å². The van der Waals surface area contributed by atoms with E-state index < -0.39 is 16.1 Å². The average Bonchev–Trinajstić information content (AvgIpc) is 2.27. The Morgan fingerprint density at radius 2 is 1.00 bits per heavy atom. The average molecular weight is 267 g/mol. The van der Waals surface area contributed by atoms with Gasteiger partial charge in [-0.15, -0.1) is 0 Å². The first kappa shape index (κ1) is 12.3. The van der Waals surface area contributed by atoms with Crippen LogP contribution in [-0.2, 0) is 0 Å². The van der Waals surface area contributed by atoms with Crippen molar-refractivity contribution in [1.29, 1.82) is 0 Å². The van der Waals surface area contributed by atoms with Crippen LogP contribution in [0.2, 0.25) is 39.3 Å². The smallest absolute Gasteiger partial charge is 0.0651 e. The van der Waals surface area contributed by atoms with E-state index in [1.54, 1.807) is 9.06 Å². The van der Waals surface area contributed by atoms with Gasteiger partial charge in [0.25, 0.3) is 0 Å². The van der Waals surface area contributed by atoms with Crippen molar-refractivity contribution in [3.8, 4) is 0 Å². The minimum Gasteiger partial charge on any atom is -0.0651 e. The van der Waals surface area contributed by atoms with Crippen molar-refractivity contribution in [3.05, 3.63) is 9.06 Å². The number of rotatable bonds is 2. The van der Waals surface area contributed by atoms with Gasteiger partial charge in [0.1, 0.15) is 0 Å². The van der Waals surface area contributed by atoms with E-state index in [0.29, 0.717) is 0 Å². The molecule has 0 saturated carbocycles. The van der Waals surface area contributed by atoms with Crippen LogP contribution in [-0.4, -0.2) is 16.1 Å². The van der Waals surface area contributed by atoms with Gasteiger partial charge in [-0.1, -0.05) is 60.9 Å². The van der Waals surface area contributed by atoms with Gasteiger partial charge in [0.2, 0.25) is 0 Å². The first-order valence-electron chi connectivity index (χ1n) is 4.49. The summed E-state index contributed by atoms with van der Waals surface area (Å²) in [6, 6.07) is 0. The molecule has 76 valence electrons. The predicted molar refractivity (Wildman–Crippen MR) is 76.5 cm³/mol. The third-order valence-electron chi connectivity index (χ3n) is 1.80. The molecule has 0 aromatic carbocycles. The summed E-state index contributed by atoms with van der Waals surface area (Å²) < 4.78 is 3.53. The molecule has 0 nitrogen and oxygen atoms in total. The van der Waals surface area contributed by atoms with Crippen molar-refractivity contribution in [3.63, 3.8) is 0 Å². The van der Waals surface area contributed by atoms with Crippen molar-refractivity contribution in [2.75, 3.05) is 0 Å². The molecule has 0 amide bonds. The van der Waals surface area contributed by atoms with Crippen molar-refractivity contribution in [2.45, 2.75) is 39.3 Å². The maximum atomic E-state index is 2.46. The fraction of sp³-hybridized carbons (Fsp3) is 0.750. The van der Waals surface area contributed by atoms with Gasteiger partial charge in [-0.25, -0.2) is 0 Å². The molecule has 1 rings (SSSR count). The van der Waals surface area contributed by atoms with Gasteiger partial charge in [0, 0.05) is 0 Å². The Morgan fingerprint density at radius 3 is 1.23 bits per heavy atom. The summed E-state index contributed by atoms with van der Waals surface area (Å²) >= 11 is 0. The van der Waals surface area contributed by atoms with E-state index in [1.807, 2.05) is 31.4 Å². The second kappa shape index (κ2) is 4.00. The Morgan fingerprint density at radius 1 is 0.692 bits per heavy atom. The Labute approximate surface area is 95.5 Å². The van der Waals surface area contributed by atoms with Crippen LogP contribution < -0.4 is 0 Å². The van der Waals surface area contributed by atoms with E-state index in [0.717, 1.165) is 0 Å². The highest BCUT2D eigenvalue weighted by Gasteiger charge is 2.35. The van der Waals surface area contributed by atoms with Crippen molar-refractivity contribution in [1.82, 2.24) is 0 Å². The van der Waals surface area contributed by atoms with Crippen LogP contribution in [0.4, 0.5) is 0 Å². The second-order valence-corrected chi connectivity index (χ2v) is 20.0. The summed E-state index contributed by atoms with van der Waals surface area (Å²) in [6.07, 6.45) is 0. The molecular weight excluding hydrogens is 248 g/mol. The molecule has 0 aromatic rings. The lowest BCUT2D eigenvalue weighted by Crippen LogP contribution is -2.29. The molecule has 5 heteroatoms. The zero-order valence-electron chi connectivity index (χ0n) is 9.22. The van der Waals surface area contributed by atoms with E-state index in [1.165, 1.54) is 0 Å². The van der Waals surface area contributed by atoms with Crippen molar-refractivity contribution in [2.24, 2.45) is 0 Å². The molecule has 1 heterocycles. The Balaban J connectivity index is 3.04. The van der Waals surface area contributed by atoms with Crippen molar-refractivity contribution < 1.29 is 0 Å². The lowest BCUT2D eigenvalue weighted by atomic mass is 11.2. The van der Waals surface area contributed by atoms with Crippen LogP contribution in [0, 0.1) is 0 Å². The normalized spacial score (nSPS) is 19.8. The molecule has 0 unspecified atom stereocenters. The standard InChI is InChI=1S/C8H18S3Si2/c1-12(2,3)7-8(10-11-9-7)13(4,5)6/h1-6H3. The molecule has 0 spiro atoms. The van der Waals surface area contributed by atoms with Crippen LogP contribution in [0.25, 0.3) is 0 Å². The van der Waals surface area contributed by atoms with Crippen molar-refractivity contribution >= 4 is 47.6 Å². The fourth-order valence-electron chi connectivity index (χ4n) is 1.09. The number of hydrogen-bond acceptors (Lipinski definition) is 3. The van der Waals surface area contributed by atoms with Gasteiger partial charge in [-0.2, -0.15) is 0 Å². The van der Waals surface area contributed by atoms with Crippen LogP contribution in [0.15, 0.2) is 9.06 Å². The van der Waals surface area contributed by atoms with Gasteiger partial charge in [0.05, 0.1) is 16.1 Å². The van der Waals surface area contributed by atoms with Crippen LogP contribution >= 0.6 is 31.4 Å². The Bertz CT molecular complexity index is 211. The van der Waals surface area contributed by atoms with Crippen LogP contribution in [0.5, 0.6) is 0 Å². The summed E-state index contributed by atoms with van der Waals surface area (Å²) in [5.74, 6) is 0. The van der Waals surface area contributed by atoms with Gasteiger partial charge in [0.15, 0.2) is 0 Å². The summed E-state index contributed by atoms with van der Waals surface area (Å²) in [5, 5.41) is 0. The second-order valence-electron chi connectivity index (χ2n) is 5.39. The fourth-order valence-corrected chi connectivity index (χ4v) is 19.1. The molecule has 0 fully saturated rings. The summed E-state index contributed by atoms with van der Waals surface area (Å²) in [7, 11) is 3.93. The maximum absolute atomic E-state index is 2.46. The molecule has 1 aliphatic heterocycles. The topological polar surface area (TPSA) is 0 Å².